The van der Waals surface area contributed by atoms with Crippen molar-refractivity contribution in [3.63, 3.8) is 0 Å². The largest absolute Gasteiger partial charge is 0.346 e. The van der Waals surface area contributed by atoms with E-state index in [9.17, 15) is 9.59 Å². The van der Waals surface area contributed by atoms with E-state index in [2.05, 4.69) is 6.92 Å². The Kier molecular flexibility index (Phi) is 7.23. The Bertz CT molecular complexity index is 491. The van der Waals surface area contributed by atoms with Crippen molar-refractivity contribution in [1.82, 2.24) is 4.90 Å². The summed E-state index contributed by atoms with van der Waals surface area (Å²) >= 11 is 6.12. The average Bonchev–Trinajstić information content (AvgIpc) is 2.46. The smallest absolute Gasteiger partial charge is 0.224 e. The normalized spacial score (nSPS) is 10.3. The molecule has 0 aliphatic carbocycles. The van der Waals surface area contributed by atoms with Gasteiger partial charge in [-0.2, -0.15) is 0 Å². The number of carbonyl (C=O) groups excluding carboxylic acids is 2. The second kappa shape index (κ2) is 8.67. The number of unbranched alkanes of at least 4 members (excludes halogenated alkanes) is 1. The van der Waals surface area contributed by atoms with Crippen LogP contribution in [0.2, 0.25) is 5.02 Å². The van der Waals surface area contributed by atoms with Crippen molar-refractivity contribution < 1.29 is 9.59 Å². The number of anilines is 1. The molecule has 0 N–H and O–H groups in total. The lowest BCUT2D eigenvalue weighted by molar-refractivity contribution is -0.129. The van der Waals surface area contributed by atoms with Crippen LogP contribution in [0.3, 0.4) is 0 Å². The van der Waals surface area contributed by atoms with Gasteiger partial charge in [-0.3, -0.25) is 9.59 Å². The van der Waals surface area contributed by atoms with Crippen LogP contribution in [0.25, 0.3) is 0 Å². The van der Waals surface area contributed by atoms with E-state index in [4.69, 9.17) is 11.6 Å². The molecule has 0 aliphatic rings. The molecule has 0 atom stereocenters. The van der Waals surface area contributed by atoms with Crippen molar-refractivity contribution in [1.29, 1.82) is 0 Å². The molecule has 0 saturated carbocycles. The first-order valence-corrected chi connectivity index (χ1v) is 7.61. The first kappa shape index (κ1) is 17.5. The average molecular weight is 311 g/mol. The molecular formula is C16H23ClN2O2. The van der Waals surface area contributed by atoms with Gasteiger partial charge < -0.3 is 9.80 Å². The minimum Gasteiger partial charge on any atom is -0.346 e. The molecule has 1 aromatic carbocycles. The molecule has 1 rings (SSSR count). The number of rotatable bonds is 7. The zero-order valence-electron chi connectivity index (χ0n) is 12.9. The fraction of sp³-hybridized carbons (Fsp3) is 0.500. The van der Waals surface area contributed by atoms with E-state index in [0.29, 0.717) is 23.7 Å². The highest BCUT2D eigenvalue weighted by Crippen LogP contribution is 2.25. The first-order chi connectivity index (χ1) is 9.97. The van der Waals surface area contributed by atoms with Gasteiger partial charge in [0.05, 0.1) is 10.7 Å². The summed E-state index contributed by atoms with van der Waals surface area (Å²) in [6.07, 6.45) is 2.34. The summed E-state index contributed by atoms with van der Waals surface area (Å²) in [5, 5.41) is 0.513. The van der Waals surface area contributed by atoms with Crippen LogP contribution in [0, 0.1) is 0 Å². The molecule has 0 aliphatic heterocycles. The van der Waals surface area contributed by atoms with E-state index in [0.717, 1.165) is 19.4 Å². The number of nitrogens with zero attached hydrogens (tertiary/aromatic N) is 2. The molecule has 5 heteroatoms. The molecule has 0 radical (unpaired) electrons. The molecule has 21 heavy (non-hydrogen) atoms. The van der Waals surface area contributed by atoms with E-state index >= 15 is 0 Å². The Morgan fingerprint density at radius 3 is 2.43 bits per heavy atom. The highest BCUT2D eigenvalue weighted by Gasteiger charge is 2.17. The fourth-order valence-electron chi connectivity index (χ4n) is 2.04. The quantitative estimate of drug-likeness (QED) is 0.775. The molecule has 0 aromatic heterocycles. The maximum Gasteiger partial charge on any atom is 0.224 e. The Morgan fingerprint density at radius 2 is 1.86 bits per heavy atom. The monoisotopic (exact) mass is 310 g/mol. The van der Waals surface area contributed by atoms with Crippen molar-refractivity contribution >= 4 is 29.1 Å². The minimum atomic E-state index is -0.118. The summed E-state index contributed by atoms with van der Waals surface area (Å²) in [6.45, 7) is 4.66. The molecule has 116 valence electrons. The van der Waals surface area contributed by atoms with Gasteiger partial charge in [-0.25, -0.2) is 0 Å². The molecule has 0 saturated heterocycles. The standard InChI is InChI=1S/C16H23ClN2O2/c1-4-5-11-18(3)16(21)10-12-19(13(2)20)15-9-7-6-8-14(15)17/h6-9H,4-5,10-12H2,1-3H3. The number of para-hydroxylation sites is 1. The van der Waals surface area contributed by atoms with Crippen LogP contribution in [-0.4, -0.2) is 36.9 Å². The predicted octanol–water partition coefficient (Wildman–Crippen LogP) is 3.34. The summed E-state index contributed by atoms with van der Waals surface area (Å²) in [4.78, 5) is 27.1. The molecule has 4 nitrogen and oxygen atoms in total. The highest BCUT2D eigenvalue weighted by atomic mass is 35.5. The van der Waals surface area contributed by atoms with Crippen LogP contribution in [0.4, 0.5) is 5.69 Å². The van der Waals surface area contributed by atoms with Gasteiger partial charge in [0.25, 0.3) is 0 Å². The number of hydrogen-bond donors (Lipinski definition) is 0. The summed E-state index contributed by atoms with van der Waals surface area (Å²) in [7, 11) is 1.80. The van der Waals surface area contributed by atoms with Gasteiger partial charge in [-0.05, 0) is 18.6 Å². The number of benzene rings is 1. The molecule has 2 amide bonds. The third kappa shape index (κ3) is 5.38. The van der Waals surface area contributed by atoms with E-state index in [1.165, 1.54) is 6.92 Å². The first-order valence-electron chi connectivity index (χ1n) is 7.24. The maximum absolute atomic E-state index is 12.0. The van der Waals surface area contributed by atoms with Gasteiger partial charge in [0.2, 0.25) is 11.8 Å². The van der Waals surface area contributed by atoms with Crippen LogP contribution in [-0.2, 0) is 9.59 Å². The highest BCUT2D eigenvalue weighted by molar-refractivity contribution is 6.33. The van der Waals surface area contributed by atoms with Gasteiger partial charge in [-0.1, -0.05) is 37.1 Å². The molecule has 0 bridgehead atoms. The lowest BCUT2D eigenvalue weighted by Crippen LogP contribution is -2.35. The summed E-state index contributed by atoms with van der Waals surface area (Å²) < 4.78 is 0. The van der Waals surface area contributed by atoms with Gasteiger partial charge in [-0.15, -0.1) is 0 Å². The third-order valence-electron chi connectivity index (χ3n) is 3.35. The molecular weight excluding hydrogens is 288 g/mol. The number of halogens is 1. The Morgan fingerprint density at radius 1 is 1.19 bits per heavy atom. The predicted molar refractivity (Wildman–Crippen MR) is 86.6 cm³/mol. The van der Waals surface area contributed by atoms with Crippen molar-refractivity contribution in [2.75, 3.05) is 25.0 Å². The summed E-state index contributed by atoms with van der Waals surface area (Å²) in [5.74, 6) is -0.0751. The number of amides is 2. The van der Waals surface area contributed by atoms with Crippen LogP contribution in [0.5, 0.6) is 0 Å². The van der Waals surface area contributed by atoms with E-state index in [1.807, 2.05) is 12.1 Å². The van der Waals surface area contributed by atoms with Gasteiger partial charge in [0.1, 0.15) is 0 Å². The molecule has 0 spiro atoms. The zero-order chi connectivity index (χ0) is 15.8. The maximum atomic E-state index is 12.0. The number of hydrogen-bond acceptors (Lipinski definition) is 2. The lowest BCUT2D eigenvalue weighted by atomic mass is 10.2. The second-order valence-electron chi connectivity index (χ2n) is 5.04. The molecule has 0 heterocycles. The van der Waals surface area contributed by atoms with Gasteiger partial charge in [0, 0.05) is 33.5 Å². The number of carbonyl (C=O) groups is 2. The van der Waals surface area contributed by atoms with Crippen LogP contribution in [0.1, 0.15) is 33.1 Å². The van der Waals surface area contributed by atoms with E-state index < -0.39 is 0 Å². The second-order valence-corrected chi connectivity index (χ2v) is 5.45. The lowest BCUT2D eigenvalue weighted by Gasteiger charge is -2.24. The van der Waals surface area contributed by atoms with Crippen LogP contribution >= 0.6 is 11.6 Å². The van der Waals surface area contributed by atoms with Crippen LogP contribution < -0.4 is 4.90 Å². The Hall–Kier alpha value is -1.55. The SMILES string of the molecule is CCCCN(C)C(=O)CCN(C(C)=O)c1ccccc1Cl. The van der Waals surface area contributed by atoms with Crippen molar-refractivity contribution in [3.8, 4) is 0 Å². The Balaban J connectivity index is 2.67. The van der Waals surface area contributed by atoms with Crippen molar-refractivity contribution in [2.45, 2.75) is 33.1 Å². The van der Waals surface area contributed by atoms with Crippen molar-refractivity contribution in [2.24, 2.45) is 0 Å². The van der Waals surface area contributed by atoms with Crippen LogP contribution in [0.15, 0.2) is 24.3 Å². The molecule has 0 fully saturated rings. The third-order valence-corrected chi connectivity index (χ3v) is 3.67. The zero-order valence-corrected chi connectivity index (χ0v) is 13.7. The topological polar surface area (TPSA) is 40.6 Å². The Labute approximate surface area is 131 Å². The van der Waals surface area contributed by atoms with Crippen molar-refractivity contribution in [3.05, 3.63) is 29.3 Å². The molecule has 0 unspecified atom stereocenters. The minimum absolute atomic E-state index is 0.0433. The fourth-order valence-corrected chi connectivity index (χ4v) is 2.27. The molecule has 1 aromatic rings. The van der Waals surface area contributed by atoms with E-state index in [1.54, 1.807) is 29.0 Å². The summed E-state index contributed by atoms with van der Waals surface area (Å²) in [6, 6.07) is 7.16. The van der Waals surface area contributed by atoms with E-state index in [-0.39, 0.29) is 11.8 Å². The van der Waals surface area contributed by atoms with Gasteiger partial charge in [0.15, 0.2) is 0 Å². The van der Waals surface area contributed by atoms with Gasteiger partial charge >= 0.3 is 0 Å². The summed E-state index contributed by atoms with van der Waals surface area (Å²) in [5.41, 5.74) is 0.649.